The predicted molar refractivity (Wildman–Crippen MR) is 109 cm³/mol. The molecular formula is C15H26IN5O3S. The molecule has 1 aromatic carbocycles. The van der Waals surface area contributed by atoms with Crippen molar-refractivity contribution in [2.24, 2.45) is 10.1 Å². The molecule has 8 nitrogen and oxygen atoms in total. The number of aliphatic imine (C=N–C) groups is 1. The Morgan fingerprint density at radius 3 is 2.16 bits per heavy atom. The van der Waals surface area contributed by atoms with Crippen LogP contribution in [0.5, 0.6) is 0 Å². The van der Waals surface area contributed by atoms with E-state index in [-0.39, 0.29) is 46.9 Å². The number of carbonyl (C=O) groups excluding carboxylic acids is 1. The summed E-state index contributed by atoms with van der Waals surface area (Å²) in [5, 5.41) is 13.8. The van der Waals surface area contributed by atoms with Crippen LogP contribution in [0.25, 0.3) is 0 Å². The number of sulfonamides is 1. The summed E-state index contributed by atoms with van der Waals surface area (Å²) < 4.78 is 22.4. The Hall–Kier alpha value is -1.40. The van der Waals surface area contributed by atoms with E-state index in [4.69, 9.17) is 5.14 Å². The van der Waals surface area contributed by atoms with Crippen molar-refractivity contribution >= 4 is 45.9 Å². The Balaban J connectivity index is 0.00000576. The number of hydrogen-bond donors (Lipinski definition) is 4. The molecule has 0 heterocycles. The average molecular weight is 483 g/mol. The van der Waals surface area contributed by atoms with Gasteiger partial charge in [-0.05, 0) is 38.5 Å². The van der Waals surface area contributed by atoms with Crippen molar-refractivity contribution in [1.82, 2.24) is 16.0 Å². The molecule has 5 N–H and O–H groups in total. The quantitative estimate of drug-likeness (QED) is 0.276. The fourth-order valence-corrected chi connectivity index (χ4v) is 2.35. The van der Waals surface area contributed by atoms with Crippen LogP contribution in [0.1, 0.15) is 26.3 Å². The van der Waals surface area contributed by atoms with Crippen LogP contribution in [-0.4, -0.2) is 39.4 Å². The van der Waals surface area contributed by atoms with Gasteiger partial charge in [0, 0.05) is 19.1 Å². The molecule has 0 radical (unpaired) electrons. The largest absolute Gasteiger partial charge is 0.352 e. The standard InChI is InChI=1S/C15H25N5O3S.HI/c1-15(2,3)20-13(21)10-19-14(17-4)18-9-11-5-7-12(8-6-11)24(16,22)23;/h5-8H,9-10H2,1-4H3,(H,20,21)(H2,16,22,23)(H2,17,18,19);1H. The number of benzene rings is 1. The van der Waals surface area contributed by atoms with Gasteiger partial charge in [-0.3, -0.25) is 9.79 Å². The average Bonchev–Trinajstić information content (AvgIpc) is 2.45. The first-order valence-corrected chi connectivity index (χ1v) is 8.93. The van der Waals surface area contributed by atoms with Gasteiger partial charge in [-0.25, -0.2) is 13.6 Å². The first-order chi connectivity index (χ1) is 11.0. The molecule has 0 aliphatic heterocycles. The molecule has 0 saturated heterocycles. The van der Waals surface area contributed by atoms with E-state index >= 15 is 0 Å². The van der Waals surface area contributed by atoms with Gasteiger partial charge in [0.25, 0.3) is 0 Å². The third-order valence-electron chi connectivity index (χ3n) is 2.87. The van der Waals surface area contributed by atoms with Gasteiger partial charge in [0.2, 0.25) is 15.9 Å². The van der Waals surface area contributed by atoms with E-state index in [0.29, 0.717) is 12.5 Å². The highest BCUT2D eigenvalue weighted by atomic mass is 127. The number of carbonyl (C=O) groups is 1. The Bertz CT molecular complexity index is 697. The third-order valence-corrected chi connectivity index (χ3v) is 3.80. The van der Waals surface area contributed by atoms with Crippen molar-refractivity contribution in [3.05, 3.63) is 29.8 Å². The van der Waals surface area contributed by atoms with E-state index < -0.39 is 10.0 Å². The Morgan fingerprint density at radius 2 is 1.72 bits per heavy atom. The highest BCUT2D eigenvalue weighted by Gasteiger charge is 2.13. The Labute approximate surface area is 166 Å². The van der Waals surface area contributed by atoms with E-state index in [1.54, 1.807) is 19.2 Å². The normalized spacial score (nSPS) is 12.1. The number of halogens is 1. The number of rotatable bonds is 5. The summed E-state index contributed by atoms with van der Waals surface area (Å²) in [6, 6.07) is 6.21. The van der Waals surface area contributed by atoms with Crippen LogP contribution in [0.15, 0.2) is 34.2 Å². The highest BCUT2D eigenvalue weighted by Crippen LogP contribution is 2.08. The van der Waals surface area contributed by atoms with Crippen molar-refractivity contribution in [2.45, 2.75) is 37.8 Å². The monoisotopic (exact) mass is 483 g/mol. The Morgan fingerprint density at radius 1 is 1.16 bits per heavy atom. The van der Waals surface area contributed by atoms with Crippen LogP contribution in [0.4, 0.5) is 0 Å². The zero-order valence-corrected chi connectivity index (χ0v) is 17.9. The minimum atomic E-state index is -3.69. The van der Waals surface area contributed by atoms with Gasteiger partial charge in [-0.2, -0.15) is 0 Å². The lowest BCUT2D eigenvalue weighted by atomic mass is 10.1. The highest BCUT2D eigenvalue weighted by molar-refractivity contribution is 14.0. The van der Waals surface area contributed by atoms with Gasteiger partial charge in [-0.15, -0.1) is 24.0 Å². The van der Waals surface area contributed by atoms with E-state index in [2.05, 4.69) is 20.9 Å². The maximum Gasteiger partial charge on any atom is 0.239 e. The smallest absolute Gasteiger partial charge is 0.239 e. The number of nitrogens with zero attached hydrogens (tertiary/aromatic N) is 1. The van der Waals surface area contributed by atoms with E-state index in [1.165, 1.54) is 12.1 Å². The zero-order valence-electron chi connectivity index (χ0n) is 14.8. The SMILES string of the molecule is CN=C(NCC(=O)NC(C)(C)C)NCc1ccc(S(N)(=O)=O)cc1.I. The van der Waals surface area contributed by atoms with Crippen molar-refractivity contribution in [3.63, 3.8) is 0 Å². The van der Waals surface area contributed by atoms with Crippen LogP contribution >= 0.6 is 24.0 Å². The van der Waals surface area contributed by atoms with Crippen LogP contribution in [0.3, 0.4) is 0 Å². The van der Waals surface area contributed by atoms with E-state index in [9.17, 15) is 13.2 Å². The van der Waals surface area contributed by atoms with Crippen LogP contribution in [-0.2, 0) is 21.4 Å². The van der Waals surface area contributed by atoms with Gasteiger partial charge in [-0.1, -0.05) is 12.1 Å². The number of hydrogen-bond acceptors (Lipinski definition) is 4. The summed E-state index contributed by atoms with van der Waals surface area (Å²) in [6.45, 7) is 6.24. The molecular weight excluding hydrogens is 457 g/mol. The molecule has 25 heavy (non-hydrogen) atoms. The second-order valence-electron chi connectivity index (χ2n) is 6.27. The molecule has 142 valence electrons. The van der Waals surface area contributed by atoms with Gasteiger partial charge in [0.15, 0.2) is 5.96 Å². The molecule has 1 rings (SSSR count). The van der Waals surface area contributed by atoms with Gasteiger partial charge in [0.05, 0.1) is 11.4 Å². The number of amides is 1. The topological polar surface area (TPSA) is 126 Å². The van der Waals surface area contributed by atoms with Crippen LogP contribution in [0, 0.1) is 0 Å². The van der Waals surface area contributed by atoms with Crippen molar-refractivity contribution < 1.29 is 13.2 Å². The molecule has 0 atom stereocenters. The molecule has 0 spiro atoms. The van der Waals surface area contributed by atoms with Crippen molar-refractivity contribution in [3.8, 4) is 0 Å². The van der Waals surface area contributed by atoms with Gasteiger partial charge >= 0.3 is 0 Å². The second-order valence-corrected chi connectivity index (χ2v) is 7.83. The van der Waals surface area contributed by atoms with Gasteiger partial charge in [0.1, 0.15) is 0 Å². The van der Waals surface area contributed by atoms with E-state index in [0.717, 1.165) is 5.56 Å². The third kappa shape index (κ3) is 9.60. The summed E-state index contributed by atoms with van der Waals surface area (Å²) in [6.07, 6.45) is 0. The maximum absolute atomic E-state index is 11.8. The van der Waals surface area contributed by atoms with Gasteiger partial charge < -0.3 is 16.0 Å². The second kappa shape index (κ2) is 9.92. The lowest BCUT2D eigenvalue weighted by Crippen LogP contribution is -2.48. The molecule has 10 heteroatoms. The summed E-state index contributed by atoms with van der Waals surface area (Å²) in [4.78, 5) is 15.8. The first-order valence-electron chi connectivity index (χ1n) is 7.38. The molecule has 0 aromatic heterocycles. The number of nitrogens with one attached hydrogen (secondary N) is 3. The molecule has 0 bridgehead atoms. The number of nitrogens with two attached hydrogens (primary N) is 1. The van der Waals surface area contributed by atoms with E-state index in [1.807, 2.05) is 20.8 Å². The van der Waals surface area contributed by atoms with Crippen molar-refractivity contribution in [1.29, 1.82) is 0 Å². The minimum Gasteiger partial charge on any atom is -0.352 e. The molecule has 0 unspecified atom stereocenters. The summed E-state index contributed by atoms with van der Waals surface area (Å²) >= 11 is 0. The zero-order chi connectivity index (χ0) is 18.4. The fraction of sp³-hybridized carbons (Fsp3) is 0.467. The molecule has 1 amide bonds. The van der Waals surface area contributed by atoms with Crippen LogP contribution < -0.4 is 21.1 Å². The lowest BCUT2D eigenvalue weighted by Gasteiger charge is -2.21. The summed E-state index contributed by atoms with van der Waals surface area (Å²) in [5.74, 6) is 0.331. The molecule has 0 saturated carbocycles. The number of guanidine groups is 1. The lowest BCUT2D eigenvalue weighted by molar-refractivity contribution is -0.121. The molecule has 0 aliphatic carbocycles. The van der Waals surface area contributed by atoms with Crippen LogP contribution in [0.2, 0.25) is 0 Å². The first kappa shape index (κ1) is 23.6. The number of primary sulfonamides is 1. The van der Waals surface area contributed by atoms with Crippen molar-refractivity contribution in [2.75, 3.05) is 13.6 Å². The summed E-state index contributed by atoms with van der Waals surface area (Å²) in [7, 11) is -2.09. The maximum atomic E-state index is 11.8. The summed E-state index contributed by atoms with van der Waals surface area (Å²) in [5.41, 5.74) is 0.560. The Kier molecular flexibility index (Phi) is 9.37. The molecule has 0 fully saturated rings. The predicted octanol–water partition coefficient (Wildman–Crippen LogP) is 0.532. The fourth-order valence-electron chi connectivity index (χ4n) is 1.83. The molecule has 0 aliphatic rings. The minimum absolute atomic E-state index is 0. The molecule has 1 aromatic rings.